The fourth-order valence-electron chi connectivity index (χ4n) is 1.54. The zero-order chi connectivity index (χ0) is 13.8. The standard InChI is InChI=1S/C14H11Cl2NO2/c15-9-5-6-11(16)10(7-9)13(18)8-19-14-4-2-1-3-12(14)17/h1-7H,8,17H2. The summed E-state index contributed by atoms with van der Waals surface area (Å²) in [6.45, 7) is -0.145. The Morgan fingerprint density at radius 2 is 1.89 bits per heavy atom. The molecule has 0 aliphatic heterocycles. The highest BCUT2D eigenvalue weighted by molar-refractivity contribution is 6.35. The Kier molecular flexibility index (Phi) is 4.30. The van der Waals surface area contributed by atoms with Crippen molar-refractivity contribution in [1.29, 1.82) is 0 Å². The smallest absolute Gasteiger partial charge is 0.201 e. The van der Waals surface area contributed by atoms with Gasteiger partial charge in [0, 0.05) is 10.6 Å². The average Bonchev–Trinajstić information content (AvgIpc) is 2.40. The molecule has 2 N–H and O–H groups in total. The Morgan fingerprint density at radius 3 is 2.63 bits per heavy atom. The van der Waals surface area contributed by atoms with Crippen molar-refractivity contribution >= 4 is 34.7 Å². The van der Waals surface area contributed by atoms with Crippen molar-refractivity contribution < 1.29 is 9.53 Å². The third-order valence-corrected chi connectivity index (χ3v) is 3.07. The highest BCUT2D eigenvalue weighted by Crippen LogP contribution is 2.23. The summed E-state index contributed by atoms with van der Waals surface area (Å²) in [4.78, 5) is 12.0. The van der Waals surface area contributed by atoms with E-state index >= 15 is 0 Å². The number of ether oxygens (including phenoxy) is 1. The third kappa shape index (κ3) is 3.40. The Morgan fingerprint density at radius 1 is 1.16 bits per heavy atom. The number of nitrogens with two attached hydrogens (primary N) is 1. The molecule has 0 bridgehead atoms. The van der Waals surface area contributed by atoms with Crippen LogP contribution in [0.15, 0.2) is 42.5 Å². The van der Waals surface area contributed by atoms with Crippen LogP contribution in [-0.4, -0.2) is 12.4 Å². The molecule has 2 aromatic rings. The van der Waals surface area contributed by atoms with Crippen molar-refractivity contribution in [1.82, 2.24) is 0 Å². The highest BCUT2D eigenvalue weighted by atomic mass is 35.5. The average molecular weight is 296 g/mol. The van der Waals surface area contributed by atoms with E-state index in [2.05, 4.69) is 0 Å². The van der Waals surface area contributed by atoms with Gasteiger partial charge in [0.15, 0.2) is 6.61 Å². The Balaban J connectivity index is 2.10. The van der Waals surface area contributed by atoms with Gasteiger partial charge in [0.1, 0.15) is 5.75 Å². The van der Waals surface area contributed by atoms with Gasteiger partial charge in [-0.3, -0.25) is 4.79 Å². The summed E-state index contributed by atoms with van der Waals surface area (Å²) in [7, 11) is 0. The number of nitrogen functional groups attached to an aromatic ring is 1. The van der Waals surface area contributed by atoms with Crippen LogP contribution >= 0.6 is 23.2 Å². The Bertz CT molecular complexity index is 614. The summed E-state index contributed by atoms with van der Waals surface area (Å²) in [6.07, 6.45) is 0. The molecule has 0 spiro atoms. The molecule has 0 saturated heterocycles. The summed E-state index contributed by atoms with van der Waals surface area (Å²) < 4.78 is 5.37. The van der Waals surface area contributed by atoms with E-state index < -0.39 is 0 Å². The zero-order valence-electron chi connectivity index (χ0n) is 9.90. The van der Waals surface area contributed by atoms with Gasteiger partial charge in [0.05, 0.1) is 10.7 Å². The van der Waals surface area contributed by atoms with Crippen molar-refractivity contribution in [3.63, 3.8) is 0 Å². The van der Waals surface area contributed by atoms with Crippen LogP contribution in [0.5, 0.6) is 5.75 Å². The second-order valence-electron chi connectivity index (χ2n) is 3.87. The molecule has 3 nitrogen and oxygen atoms in total. The molecule has 0 fully saturated rings. The van der Waals surface area contributed by atoms with E-state index in [-0.39, 0.29) is 12.4 Å². The van der Waals surface area contributed by atoms with Gasteiger partial charge in [-0.15, -0.1) is 0 Å². The quantitative estimate of drug-likeness (QED) is 0.689. The van der Waals surface area contributed by atoms with Crippen LogP contribution in [0.3, 0.4) is 0 Å². The second-order valence-corrected chi connectivity index (χ2v) is 4.72. The number of rotatable bonds is 4. The first-order valence-electron chi connectivity index (χ1n) is 5.53. The SMILES string of the molecule is Nc1ccccc1OCC(=O)c1cc(Cl)ccc1Cl. The molecule has 2 aromatic carbocycles. The molecular formula is C14H11Cl2NO2. The number of carbonyl (C=O) groups excluding carboxylic acids is 1. The maximum absolute atomic E-state index is 12.0. The maximum atomic E-state index is 12.0. The van der Waals surface area contributed by atoms with Crippen molar-refractivity contribution in [3.05, 3.63) is 58.1 Å². The molecule has 0 heterocycles. The number of hydrogen-bond donors (Lipinski definition) is 1. The maximum Gasteiger partial charge on any atom is 0.201 e. The number of halogens is 2. The number of carbonyl (C=O) groups is 1. The molecule has 0 saturated carbocycles. The fraction of sp³-hybridized carbons (Fsp3) is 0.0714. The van der Waals surface area contributed by atoms with E-state index in [9.17, 15) is 4.79 Å². The molecule has 0 aromatic heterocycles. The molecular weight excluding hydrogens is 285 g/mol. The normalized spacial score (nSPS) is 10.2. The number of Topliss-reactive ketones (excluding diaryl/α,β-unsaturated/α-hetero) is 1. The van der Waals surface area contributed by atoms with Crippen LogP contribution in [0.1, 0.15) is 10.4 Å². The monoisotopic (exact) mass is 295 g/mol. The van der Waals surface area contributed by atoms with Crippen LogP contribution in [-0.2, 0) is 0 Å². The first-order chi connectivity index (χ1) is 9.08. The van der Waals surface area contributed by atoms with E-state index in [1.165, 1.54) is 6.07 Å². The number of hydrogen-bond acceptors (Lipinski definition) is 3. The van der Waals surface area contributed by atoms with E-state index in [0.29, 0.717) is 27.0 Å². The number of anilines is 1. The molecule has 0 aliphatic rings. The third-order valence-electron chi connectivity index (χ3n) is 2.51. The van der Waals surface area contributed by atoms with E-state index in [1.54, 1.807) is 36.4 Å². The Hall–Kier alpha value is -1.71. The lowest BCUT2D eigenvalue weighted by molar-refractivity contribution is 0.0922. The minimum Gasteiger partial charge on any atom is -0.483 e. The van der Waals surface area contributed by atoms with Gasteiger partial charge in [-0.05, 0) is 30.3 Å². The number of ketones is 1. The summed E-state index contributed by atoms with van der Waals surface area (Å²) in [5.41, 5.74) is 6.53. The summed E-state index contributed by atoms with van der Waals surface area (Å²) in [6, 6.07) is 11.7. The number of para-hydroxylation sites is 2. The molecule has 0 unspecified atom stereocenters. The first kappa shape index (κ1) is 13.7. The lowest BCUT2D eigenvalue weighted by Gasteiger charge is -2.08. The first-order valence-corrected chi connectivity index (χ1v) is 6.29. The van der Waals surface area contributed by atoms with E-state index in [1.807, 2.05) is 0 Å². The molecule has 5 heteroatoms. The fourth-order valence-corrected chi connectivity index (χ4v) is 1.94. The van der Waals surface area contributed by atoms with Crippen molar-refractivity contribution in [2.24, 2.45) is 0 Å². The van der Waals surface area contributed by atoms with Crippen molar-refractivity contribution in [2.45, 2.75) is 0 Å². The molecule has 0 radical (unpaired) electrons. The molecule has 19 heavy (non-hydrogen) atoms. The minimum atomic E-state index is -0.254. The van der Waals surface area contributed by atoms with Crippen LogP contribution in [0.2, 0.25) is 10.0 Å². The molecule has 0 atom stereocenters. The van der Waals surface area contributed by atoms with Crippen LogP contribution in [0.25, 0.3) is 0 Å². The molecule has 0 aliphatic carbocycles. The van der Waals surface area contributed by atoms with Gasteiger partial charge in [0.25, 0.3) is 0 Å². The summed E-state index contributed by atoms with van der Waals surface area (Å²) in [5.74, 6) is 0.213. The predicted octanol–water partition coefficient (Wildman–Crippen LogP) is 3.84. The predicted molar refractivity (Wildman–Crippen MR) is 77.1 cm³/mol. The molecule has 0 amide bonds. The highest BCUT2D eigenvalue weighted by Gasteiger charge is 2.12. The van der Waals surface area contributed by atoms with Crippen LogP contribution in [0, 0.1) is 0 Å². The van der Waals surface area contributed by atoms with Crippen molar-refractivity contribution in [2.75, 3.05) is 12.3 Å². The second kappa shape index (κ2) is 5.95. The van der Waals surface area contributed by atoms with E-state index in [4.69, 9.17) is 33.7 Å². The largest absolute Gasteiger partial charge is 0.483 e. The van der Waals surface area contributed by atoms with Gasteiger partial charge in [-0.25, -0.2) is 0 Å². The van der Waals surface area contributed by atoms with E-state index in [0.717, 1.165) is 0 Å². The van der Waals surface area contributed by atoms with Gasteiger partial charge >= 0.3 is 0 Å². The lowest BCUT2D eigenvalue weighted by Crippen LogP contribution is -2.12. The van der Waals surface area contributed by atoms with Crippen LogP contribution in [0.4, 0.5) is 5.69 Å². The topological polar surface area (TPSA) is 52.3 Å². The molecule has 98 valence electrons. The minimum absolute atomic E-state index is 0.145. The number of benzene rings is 2. The lowest BCUT2D eigenvalue weighted by atomic mass is 10.1. The zero-order valence-corrected chi connectivity index (χ0v) is 11.4. The van der Waals surface area contributed by atoms with Gasteiger partial charge < -0.3 is 10.5 Å². The van der Waals surface area contributed by atoms with Crippen LogP contribution < -0.4 is 10.5 Å². The Labute approximate surface area is 120 Å². The van der Waals surface area contributed by atoms with Gasteiger partial charge in [-0.1, -0.05) is 35.3 Å². The van der Waals surface area contributed by atoms with Gasteiger partial charge in [0.2, 0.25) is 5.78 Å². The van der Waals surface area contributed by atoms with Gasteiger partial charge in [-0.2, -0.15) is 0 Å². The molecule has 2 rings (SSSR count). The summed E-state index contributed by atoms with van der Waals surface area (Å²) >= 11 is 11.8. The summed E-state index contributed by atoms with van der Waals surface area (Å²) in [5, 5.41) is 0.797. The van der Waals surface area contributed by atoms with Crippen molar-refractivity contribution in [3.8, 4) is 5.75 Å².